The molecule has 1 atom stereocenters. The van der Waals surface area contributed by atoms with Crippen molar-refractivity contribution in [3.63, 3.8) is 0 Å². The number of likely N-dealkylation sites (N-methyl/N-ethyl adjacent to an activating group) is 1. The Hall–Kier alpha value is -6.26. The standard InChI is InChI=1S/C33H34N2O4.C7H8.C2H7N.CH3NO.CH2O/c1-23-18-26(20-25-10-14-29(38-3)15-11-25)21-27(19-23)32(36)34-31(22-24-8-6-5-7-9-24)33(37)35(2)28-12-16-30(39-4)17-13-28;1-7-5-3-2-4-6-7;1-3-2;2-1-3;1-2/h5-19,21,31H,20,22H2,1-4H3,(H,34,36);2-6H,1H3;3H,1-2H3;1H,(H2,2,3);1H2. The molecule has 0 aromatic heterocycles. The van der Waals surface area contributed by atoms with E-state index in [1.165, 1.54) is 5.56 Å². The Bertz CT molecular complexity index is 1780. The lowest BCUT2D eigenvalue weighted by Gasteiger charge is -2.25. The minimum Gasteiger partial charge on any atom is -0.497 e. The maximum atomic E-state index is 13.7. The van der Waals surface area contributed by atoms with Crippen molar-refractivity contribution in [1.82, 2.24) is 10.6 Å². The van der Waals surface area contributed by atoms with Crippen molar-refractivity contribution in [2.75, 3.05) is 40.3 Å². The van der Waals surface area contributed by atoms with Gasteiger partial charge in [-0.25, -0.2) is 0 Å². The molecule has 0 spiro atoms. The zero-order valence-corrected chi connectivity index (χ0v) is 32.4. The summed E-state index contributed by atoms with van der Waals surface area (Å²) < 4.78 is 10.5. The van der Waals surface area contributed by atoms with Gasteiger partial charge < -0.3 is 35.5 Å². The molecule has 54 heavy (non-hydrogen) atoms. The van der Waals surface area contributed by atoms with E-state index in [9.17, 15) is 9.59 Å². The highest BCUT2D eigenvalue weighted by atomic mass is 16.5. The average Bonchev–Trinajstić information content (AvgIpc) is 3.19. The molecule has 10 heteroatoms. The van der Waals surface area contributed by atoms with Crippen molar-refractivity contribution in [2.24, 2.45) is 5.73 Å². The van der Waals surface area contributed by atoms with E-state index >= 15 is 0 Å². The Morgan fingerprint density at radius 3 is 1.67 bits per heavy atom. The van der Waals surface area contributed by atoms with Crippen LogP contribution in [-0.2, 0) is 27.2 Å². The summed E-state index contributed by atoms with van der Waals surface area (Å²) in [6.07, 6.45) is 1.30. The van der Waals surface area contributed by atoms with Crippen LogP contribution in [-0.4, -0.2) is 66.4 Å². The van der Waals surface area contributed by atoms with Gasteiger partial charge in [-0.3, -0.25) is 14.4 Å². The summed E-state index contributed by atoms with van der Waals surface area (Å²) in [5, 5.41) is 5.77. The van der Waals surface area contributed by atoms with Crippen LogP contribution in [0.25, 0.3) is 0 Å². The maximum Gasteiger partial charge on any atom is 0.251 e. The number of benzene rings is 5. The molecule has 0 bridgehead atoms. The molecule has 0 saturated heterocycles. The quantitative estimate of drug-likeness (QED) is 0.142. The molecule has 286 valence electrons. The van der Waals surface area contributed by atoms with Gasteiger partial charge in [0.05, 0.1) is 14.2 Å². The van der Waals surface area contributed by atoms with Crippen LogP contribution in [0.1, 0.15) is 38.2 Å². The zero-order valence-electron chi connectivity index (χ0n) is 32.4. The molecule has 1 unspecified atom stereocenters. The molecule has 10 nitrogen and oxygen atoms in total. The molecule has 5 aromatic carbocycles. The largest absolute Gasteiger partial charge is 0.497 e. The molecule has 0 aliphatic heterocycles. The van der Waals surface area contributed by atoms with Gasteiger partial charge in [-0.15, -0.1) is 0 Å². The van der Waals surface area contributed by atoms with Crippen LogP contribution in [0.4, 0.5) is 5.69 Å². The lowest BCUT2D eigenvalue weighted by molar-refractivity contribution is -0.120. The fraction of sp³-hybridized carbons (Fsp3) is 0.227. The molecule has 0 heterocycles. The van der Waals surface area contributed by atoms with E-state index in [2.05, 4.69) is 41.5 Å². The third kappa shape index (κ3) is 16.8. The topological polar surface area (TPSA) is 140 Å². The summed E-state index contributed by atoms with van der Waals surface area (Å²) >= 11 is 0. The van der Waals surface area contributed by atoms with Gasteiger partial charge in [-0.2, -0.15) is 0 Å². The van der Waals surface area contributed by atoms with Crippen molar-refractivity contribution in [3.05, 3.63) is 161 Å². The summed E-state index contributed by atoms with van der Waals surface area (Å²) in [5.74, 6) is 1.02. The van der Waals surface area contributed by atoms with Crippen LogP contribution in [0.2, 0.25) is 0 Å². The van der Waals surface area contributed by atoms with Gasteiger partial charge in [-0.1, -0.05) is 90.0 Å². The Morgan fingerprint density at radius 2 is 1.20 bits per heavy atom. The summed E-state index contributed by atoms with van der Waals surface area (Å²) in [6, 6.07) is 40.2. The normalized spacial score (nSPS) is 9.98. The summed E-state index contributed by atoms with van der Waals surface area (Å²) in [7, 11) is 8.71. The SMILES string of the molecule is C=O.CNC.COc1ccc(Cc2cc(C)cc(C(=O)NC(Cc3ccccc3)C(=O)N(C)c3ccc(OC)cc3)c2)cc1.Cc1ccccc1.NC=O. The van der Waals surface area contributed by atoms with Crippen molar-refractivity contribution in [3.8, 4) is 11.5 Å². The summed E-state index contributed by atoms with van der Waals surface area (Å²) in [5.41, 5.74) is 10.8. The van der Waals surface area contributed by atoms with E-state index in [-0.39, 0.29) is 18.2 Å². The number of anilines is 1. The molecular formula is C44H54N4O6. The average molecular weight is 735 g/mol. The van der Waals surface area contributed by atoms with Gasteiger partial charge in [0, 0.05) is 24.7 Å². The number of amides is 3. The highest BCUT2D eigenvalue weighted by Gasteiger charge is 2.26. The van der Waals surface area contributed by atoms with Crippen LogP contribution < -0.4 is 30.7 Å². The number of methoxy groups -OCH3 is 2. The van der Waals surface area contributed by atoms with Crippen molar-refractivity contribution in [2.45, 2.75) is 32.7 Å². The molecule has 5 rings (SSSR count). The first kappa shape index (κ1) is 45.8. The Balaban J connectivity index is 0.000000823. The number of carbonyl (C=O) groups excluding carboxylic acids is 4. The highest BCUT2D eigenvalue weighted by Crippen LogP contribution is 2.21. The van der Waals surface area contributed by atoms with Gasteiger partial charge in [0.25, 0.3) is 5.91 Å². The third-order valence-corrected chi connectivity index (χ3v) is 7.58. The molecule has 0 saturated carbocycles. The van der Waals surface area contributed by atoms with Gasteiger partial charge in [0.15, 0.2) is 0 Å². The second-order valence-electron chi connectivity index (χ2n) is 11.8. The highest BCUT2D eigenvalue weighted by molar-refractivity contribution is 6.02. The van der Waals surface area contributed by atoms with E-state index in [0.717, 1.165) is 28.0 Å². The van der Waals surface area contributed by atoms with E-state index in [1.54, 1.807) is 38.3 Å². The minimum absolute atomic E-state index is 0.205. The Morgan fingerprint density at radius 1 is 0.722 bits per heavy atom. The van der Waals surface area contributed by atoms with E-state index in [4.69, 9.17) is 19.1 Å². The number of primary amides is 1. The van der Waals surface area contributed by atoms with Crippen LogP contribution >= 0.6 is 0 Å². The second-order valence-corrected chi connectivity index (χ2v) is 11.8. The van der Waals surface area contributed by atoms with Gasteiger partial charge in [0.2, 0.25) is 12.3 Å². The zero-order chi connectivity index (χ0) is 40.3. The lowest BCUT2D eigenvalue weighted by atomic mass is 9.99. The lowest BCUT2D eigenvalue weighted by Crippen LogP contribution is -2.48. The van der Waals surface area contributed by atoms with E-state index in [0.29, 0.717) is 29.8 Å². The molecule has 0 aliphatic carbocycles. The monoisotopic (exact) mass is 734 g/mol. The maximum absolute atomic E-state index is 13.7. The number of carbonyl (C=O) groups is 4. The summed E-state index contributed by atoms with van der Waals surface area (Å²) in [4.78, 5) is 45.3. The predicted molar refractivity (Wildman–Crippen MR) is 218 cm³/mol. The number of ether oxygens (including phenoxy) is 2. The number of aryl methyl sites for hydroxylation is 2. The smallest absolute Gasteiger partial charge is 0.251 e. The first-order valence-electron chi connectivity index (χ1n) is 17.1. The fourth-order valence-corrected chi connectivity index (χ4v) is 5.07. The molecule has 3 amide bonds. The molecule has 4 N–H and O–H groups in total. The van der Waals surface area contributed by atoms with Crippen LogP contribution in [0.5, 0.6) is 11.5 Å². The van der Waals surface area contributed by atoms with Crippen LogP contribution in [0, 0.1) is 13.8 Å². The molecular weight excluding hydrogens is 681 g/mol. The number of nitrogens with zero attached hydrogens (tertiary/aromatic N) is 1. The van der Waals surface area contributed by atoms with E-state index in [1.807, 2.05) is 125 Å². The first-order valence-corrected chi connectivity index (χ1v) is 17.1. The van der Waals surface area contributed by atoms with Crippen molar-refractivity contribution >= 4 is 30.7 Å². The van der Waals surface area contributed by atoms with Crippen LogP contribution in [0.3, 0.4) is 0 Å². The third-order valence-electron chi connectivity index (χ3n) is 7.58. The number of nitrogens with one attached hydrogen (secondary N) is 2. The first-order chi connectivity index (χ1) is 26.1. The van der Waals surface area contributed by atoms with Crippen molar-refractivity contribution in [1.29, 1.82) is 0 Å². The van der Waals surface area contributed by atoms with Crippen LogP contribution in [0.15, 0.2) is 127 Å². The van der Waals surface area contributed by atoms with Crippen molar-refractivity contribution < 1.29 is 28.7 Å². The molecule has 0 aliphatic rings. The van der Waals surface area contributed by atoms with Gasteiger partial charge in [0.1, 0.15) is 24.3 Å². The number of hydrogen-bond acceptors (Lipinski definition) is 7. The van der Waals surface area contributed by atoms with Gasteiger partial charge >= 0.3 is 0 Å². The Kier molecular flexibility index (Phi) is 22.5. The summed E-state index contributed by atoms with van der Waals surface area (Å²) in [6.45, 7) is 6.05. The molecule has 0 fully saturated rings. The number of rotatable bonds is 10. The predicted octanol–water partition coefficient (Wildman–Crippen LogP) is 6.35. The van der Waals surface area contributed by atoms with Gasteiger partial charge in [-0.05, 0) is 99.6 Å². The van der Waals surface area contributed by atoms with E-state index < -0.39 is 6.04 Å². The second kappa shape index (κ2) is 26.5. The molecule has 5 aromatic rings. The number of nitrogens with two attached hydrogens (primary N) is 1. The number of hydrogen-bond donors (Lipinski definition) is 3. The minimum atomic E-state index is -0.752. The fourth-order valence-electron chi connectivity index (χ4n) is 5.07. The Labute approximate surface area is 320 Å². The molecule has 0 radical (unpaired) electrons.